The summed E-state index contributed by atoms with van der Waals surface area (Å²) in [4.78, 5) is 12.3. The first-order chi connectivity index (χ1) is 11.3. The normalized spacial score (nSPS) is 24.1. The van der Waals surface area contributed by atoms with E-state index in [1.807, 2.05) is 13.0 Å². The van der Waals surface area contributed by atoms with Gasteiger partial charge >= 0.3 is 0 Å². The van der Waals surface area contributed by atoms with E-state index in [1.54, 1.807) is 0 Å². The molecule has 1 aromatic rings. The van der Waals surface area contributed by atoms with Crippen molar-refractivity contribution in [3.05, 3.63) is 30.1 Å². The number of amides is 1. The van der Waals surface area contributed by atoms with Crippen LogP contribution in [0, 0.1) is 34.9 Å². The first-order valence-corrected chi connectivity index (χ1v) is 9.61. The smallest absolute Gasteiger partial charge is 0.224 e. The van der Waals surface area contributed by atoms with Gasteiger partial charge < -0.3 is 5.32 Å². The number of hydrogen-bond donors (Lipinski definition) is 1. The largest absolute Gasteiger partial charge is 0.343 e. The Morgan fingerprint density at radius 2 is 2.00 bits per heavy atom. The van der Waals surface area contributed by atoms with Crippen molar-refractivity contribution in [2.75, 3.05) is 12.3 Å². The van der Waals surface area contributed by atoms with Crippen LogP contribution in [0.1, 0.15) is 26.2 Å². The van der Waals surface area contributed by atoms with Crippen molar-refractivity contribution in [1.82, 2.24) is 5.32 Å². The van der Waals surface area contributed by atoms with Crippen LogP contribution in [0.5, 0.6) is 0 Å². The average molecular weight is 352 g/mol. The highest BCUT2D eigenvalue weighted by Crippen LogP contribution is 2.35. The Hall–Kier alpha value is -1.94. The van der Waals surface area contributed by atoms with E-state index >= 15 is 0 Å². The van der Waals surface area contributed by atoms with Gasteiger partial charge in [0.25, 0.3) is 0 Å². The Morgan fingerprint density at radius 3 is 2.62 bits per heavy atom. The maximum absolute atomic E-state index is 13.0. The summed E-state index contributed by atoms with van der Waals surface area (Å²) in [6, 6.07) is 6.60. The SMILES string of the molecule is CC1CC[C@H](CS(=O)(=O)c2ccc(F)cc2)C(C(=O)NCC#N)C1. The summed E-state index contributed by atoms with van der Waals surface area (Å²) in [6.45, 7) is 1.95. The summed E-state index contributed by atoms with van der Waals surface area (Å²) in [5.74, 6) is -1.27. The predicted molar refractivity (Wildman–Crippen MR) is 87.1 cm³/mol. The van der Waals surface area contributed by atoms with Gasteiger partial charge in [-0.3, -0.25) is 4.79 Å². The van der Waals surface area contributed by atoms with Crippen molar-refractivity contribution < 1.29 is 17.6 Å². The van der Waals surface area contributed by atoms with E-state index < -0.39 is 21.6 Å². The molecule has 1 aliphatic rings. The molecule has 7 heteroatoms. The standard InChI is InChI=1S/C17H21FN2O3S/c1-12-2-3-13(16(10-12)17(21)20-9-8-19)11-24(22,23)15-6-4-14(18)5-7-15/h4-7,12-13,16H,2-3,9-11H2,1H3,(H,20,21)/t12?,13-,16?/m1/s1. The van der Waals surface area contributed by atoms with Crippen molar-refractivity contribution in [1.29, 1.82) is 5.26 Å². The summed E-state index contributed by atoms with van der Waals surface area (Å²) in [5.41, 5.74) is 0. The van der Waals surface area contributed by atoms with Crippen LogP contribution >= 0.6 is 0 Å². The highest BCUT2D eigenvalue weighted by atomic mass is 32.2. The number of benzene rings is 1. The maximum atomic E-state index is 13.0. The van der Waals surface area contributed by atoms with Crippen LogP contribution in [0.15, 0.2) is 29.2 Å². The first-order valence-electron chi connectivity index (χ1n) is 7.96. The molecule has 1 N–H and O–H groups in total. The molecule has 0 heterocycles. The van der Waals surface area contributed by atoms with Crippen LogP contribution in [-0.4, -0.2) is 26.6 Å². The topological polar surface area (TPSA) is 87.0 Å². The van der Waals surface area contributed by atoms with Crippen molar-refractivity contribution in [3.8, 4) is 6.07 Å². The van der Waals surface area contributed by atoms with Gasteiger partial charge in [0, 0.05) is 5.92 Å². The molecule has 3 atom stereocenters. The van der Waals surface area contributed by atoms with Gasteiger partial charge in [0.15, 0.2) is 9.84 Å². The third-order valence-electron chi connectivity index (χ3n) is 4.54. The quantitative estimate of drug-likeness (QED) is 0.651. The minimum Gasteiger partial charge on any atom is -0.343 e. The van der Waals surface area contributed by atoms with Gasteiger partial charge in [-0.2, -0.15) is 5.26 Å². The molecule has 2 unspecified atom stereocenters. The van der Waals surface area contributed by atoms with Gasteiger partial charge in [-0.1, -0.05) is 13.3 Å². The number of carbonyl (C=O) groups is 1. The van der Waals surface area contributed by atoms with Crippen molar-refractivity contribution in [2.24, 2.45) is 17.8 Å². The Labute approximate surface area is 141 Å². The lowest BCUT2D eigenvalue weighted by atomic mass is 9.75. The van der Waals surface area contributed by atoms with E-state index in [-0.39, 0.29) is 29.0 Å². The molecule has 1 aromatic carbocycles. The van der Waals surface area contributed by atoms with E-state index in [9.17, 15) is 17.6 Å². The first kappa shape index (κ1) is 18.4. The third kappa shape index (κ3) is 4.54. The number of nitrogens with zero attached hydrogens (tertiary/aromatic N) is 1. The van der Waals surface area contributed by atoms with E-state index in [0.29, 0.717) is 18.8 Å². The minimum absolute atomic E-state index is 0.0682. The van der Waals surface area contributed by atoms with Gasteiger partial charge in [0.1, 0.15) is 12.4 Å². The molecule has 1 fully saturated rings. The Morgan fingerprint density at radius 1 is 1.33 bits per heavy atom. The molecule has 0 aliphatic heterocycles. The fourth-order valence-electron chi connectivity index (χ4n) is 3.24. The van der Waals surface area contributed by atoms with Gasteiger partial charge in [-0.15, -0.1) is 0 Å². The molecule has 5 nitrogen and oxygen atoms in total. The second kappa shape index (κ2) is 7.75. The molecule has 1 amide bonds. The summed E-state index contributed by atoms with van der Waals surface area (Å²) < 4.78 is 38.1. The van der Waals surface area contributed by atoms with Crippen LogP contribution in [0.25, 0.3) is 0 Å². The van der Waals surface area contributed by atoms with Crippen LogP contribution < -0.4 is 5.32 Å². The lowest BCUT2D eigenvalue weighted by molar-refractivity contribution is -0.127. The molecule has 0 spiro atoms. The highest BCUT2D eigenvalue weighted by molar-refractivity contribution is 7.91. The van der Waals surface area contributed by atoms with E-state index in [2.05, 4.69) is 5.32 Å². The number of sulfone groups is 1. The van der Waals surface area contributed by atoms with Gasteiger partial charge in [-0.05, 0) is 48.9 Å². The van der Waals surface area contributed by atoms with E-state index in [0.717, 1.165) is 18.6 Å². The monoisotopic (exact) mass is 352 g/mol. The third-order valence-corrected chi connectivity index (χ3v) is 6.40. The van der Waals surface area contributed by atoms with Gasteiger partial charge in [0.2, 0.25) is 5.91 Å². The zero-order valence-electron chi connectivity index (χ0n) is 13.5. The number of nitriles is 1. The molecule has 0 aromatic heterocycles. The van der Waals surface area contributed by atoms with Crippen LogP contribution in [0.4, 0.5) is 4.39 Å². The van der Waals surface area contributed by atoms with Crippen molar-refractivity contribution in [3.63, 3.8) is 0 Å². The maximum Gasteiger partial charge on any atom is 0.224 e. The lowest BCUT2D eigenvalue weighted by Gasteiger charge is -2.33. The van der Waals surface area contributed by atoms with E-state index in [1.165, 1.54) is 12.1 Å². The van der Waals surface area contributed by atoms with Gasteiger partial charge in [-0.25, -0.2) is 12.8 Å². The molecule has 0 bridgehead atoms. The fraction of sp³-hybridized carbons (Fsp3) is 0.529. The second-order valence-corrected chi connectivity index (χ2v) is 8.43. The Balaban J connectivity index is 2.16. The molecular formula is C17H21FN2O3S. The van der Waals surface area contributed by atoms with Crippen molar-refractivity contribution in [2.45, 2.75) is 31.1 Å². The molecule has 0 radical (unpaired) electrons. The molecule has 2 rings (SSSR count). The summed E-state index contributed by atoms with van der Waals surface area (Å²) in [5, 5.41) is 11.1. The predicted octanol–water partition coefficient (Wildman–Crippen LogP) is 2.29. The summed E-state index contributed by atoms with van der Waals surface area (Å²) in [6.07, 6.45) is 2.12. The summed E-state index contributed by atoms with van der Waals surface area (Å²) in [7, 11) is -3.59. The van der Waals surface area contributed by atoms with Gasteiger partial charge in [0.05, 0.1) is 16.7 Å². The molecule has 0 saturated heterocycles. The Bertz CT molecular complexity index is 725. The number of halogens is 1. The number of carbonyl (C=O) groups excluding carboxylic acids is 1. The van der Waals surface area contributed by atoms with Crippen molar-refractivity contribution >= 4 is 15.7 Å². The number of hydrogen-bond acceptors (Lipinski definition) is 4. The molecule has 1 saturated carbocycles. The zero-order chi connectivity index (χ0) is 17.7. The van der Waals surface area contributed by atoms with Crippen LogP contribution in [0.2, 0.25) is 0 Å². The molecule has 24 heavy (non-hydrogen) atoms. The lowest BCUT2D eigenvalue weighted by Crippen LogP contribution is -2.41. The zero-order valence-corrected chi connectivity index (χ0v) is 14.4. The minimum atomic E-state index is -3.59. The summed E-state index contributed by atoms with van der Waals surface area (Å²) >= 11 is 0. The number of rotatable bonds is 5. The molecular weight excluding hydrogens is 331 g/mol. The molecule has 130 valence electrons. The van der Waals surface area contributed by atoms with E-state index in [4.69, 9.17) is 5.26 Å². The van der Waals surface area contributed by atoms with Crippen LogP contribution in [-0.2, 0) is 14.6 Å². The Kier molecular flexibility index (Phi) is 5.94. The fourth-order valence-corrected chi connectivity index (χ4v) is 4.95. The highest BCUT2D eigenvalue weighted by Gasteiger charge is 2.36. The molecule has 1 aliphatic carbocycles. The average Bonchev–Trinajstić information content (AvgIpc) is 2.54. The second-order valence-electron chi connectivity index (χ2n) is 6.40. The number of nitrogens with one attached hydrogen (secondary N) is 1. The van der Waals surface area contributed by atoms with Crippen LogP contribution in [0.3, 0.4) is 0 Å².